The van der Waals surface area contributed by atoms with Gasteiger partial charge in [0, 0.05) is 11.1 Å². The number of fused-ring (bicyclic) bond motifs is 1. The third-order valence-electron chi connectivity index (χ3n) is 6.30. The number of carbonyl (C=O) groups is 2. The van der Waals surface area contributed by atoms with Crippen LogP contribution in [-0.2, 0) is 29.0 Å². The van der Waals surface area contributed by atoms with Crippen LogP contribution in [-0.4, -0.2) is 22.2 Å². The summed E-state index contributed by atoms with van der Waals surface area (Å²) < 4.78 is 5.12. The molecule has 146 valence electrons. The van der Waals surface area contributed by atoms with Gasteiger partial charge in [-0.15, -0.1) is 0 Å². The highest BCUT2D eigenvalue weighted by Crippen LogP contribution is 2.39. The fourth-order valence-corrected chi connectivity index (χ4v) is 4.73. The van der Waals surface area contributed by atoms with Gasteiger partial charge in [-0.3, -0.25) is 4.79 Å². The molecule has 1 aromatic rings. The first-order chi connectivity index (χ1) is 12.9. The van der Waals surface area contributed by atoms with Crippen LogP contribution in [0.4, 0.5) is 0 Å². The average Bonchev–Trinajstić information content (AvgIpc) is 3.05. The summed E-state index contributed by atoms with van der Waals surface area (Å²) in [4.78, 5) is 23.6. The maximum absolute atomic E-state index is 12.0. The van der Waals surface area contributed by atoms with E-state index in [2.05, 4.69) is 0 Å². The molecule has 0 bridgehead atoms. The van der Waals surface area contributed by atoms with Gasteiger partial charge in [-0.05, 0) is 56.6 Å². The van der Waals surface area contributed by atoms with Crippen molar-refractivity contribution in [2.45, 2.75) is 65.9 Å². The minimum atomic E-state index is -0.722. The number of carboxylic acids is 1. The predicted octanol–water partition coefficient (Wildman–Crippen LogP) is 4.31. The lowest BCUT2D eigenvalue weighted by atomic mass is 9.75. The number of hydrogen-bond acceptors (Lipinski definition) is 4. The van der Waals surface area contributed by atoms with Crippen molar-refractivity contribution < 1.29 is 24.5 Å². The Morgan fingerprint density at radius 1 is 1.22 bits per heavy atom. The number of carbonyl (C=O) groups excluding carboxylic acids is 1. The zero-order valence-corrected chi connectivity index (χ0v) is 16.3. The zero-order valence-electron chi connectivity index (χ0n) is 16.3. The van der Waals surface area contributed by atoms with Crippen LogP contribution in [0, 0.1) is 18.8 Å². The Labute approximate surface area is 160 Å². The topological polar surface area (TPSA) is 83.8 Å². The summed E-state index contributed by atoms with van der Waals surface area (Å²) in [6.45, 7) is 6.22. The van der Waals surface area contributed by atoms with Crippen molar-refractivity contribution in [2.75, 3.05) is 0 Å². The second-order valence-electron chi connectivity index (χ2n) is 7.70. The number of rotatable bonds is 5. The number of cyclic esters (lactones) is 1. The van der Waals surface area contributed by atoms with Crippen molar-refractivity contribution in [3.8, 4) is 5.75 Å². The minimum absolute atomic E-state index is 0.0254. The number of phenols is 1. The zero-order chi connectivity index (χ0) is 19.7. The van der Waals surface area contributed by atoms with E-state index in [1.165, 1.54) is 0 Å². The highest BCUT2D eigenvalue weighted by atomic mass is 16.5. The number of esters is 1. The standard InChI is InChI=1S/C22H28O5/c1-4-14-13(3)18-11-27-22(26)19(18)20(23)16(14)10-9-12(2)15-7-5-6-8-17(15)21(24)25/h9,15,17,23H,4-8,10-11H2,1-3H3,(H,24,25)/b12-9+. The molecule has 0 amide bonds. The number of carboxylic acid groups (broad SMARTS) is 1. The van der Waals surface area contributed by atoms with E-state index < -0.39 is 11.9 Å². The SMILES string of the molecule is CCc1c(C)c2c(c(O)c1C/C=C(\C)C1CCCCC1C(=O)O)C(=O)OC2. The molecule has 3 rings (SSSR count). The number of benzene rings is 1. The van der Waals surface area contributed by atoms with Crippen LogP contribution in [0.2, 0.25) is 0 Å². The Morgan fingerprint density at radius 3 is 2.52 bits per heavy atom. The van der Waals surface area contributed by atoms with Gasteiger partial charge in [-0.25, -0.2) is 4.79 Å². The molecule has 0 aromatic heterocycles. The van der Waals surface area contributed by atoms with Crippen LogP contribution >= 0.6 is 0 Å². The normalized spacial score (nSPS) is 22.5. The van der Waals surface area contributed by atoms with Crippen molar-refractivity contribution in [3.05, 3.63) is 39.5 Å². The number of phenolic OH excluding ortho intramolecular Hbond substituents is 1. The first-order valence-corrected chi connectivity index (χ1v) is 9.79. The molecule has 1 aliphatic carbocycles. The van der Waals surface area contributed by atoms with E-state index in [1.54, 1.807) is 0 Å². The number of ether oxygens (including phenoxy) is 1. The van der Waals surface area contributed by atoms with E-state index in [0.29, 0.717) is 12.0 Å². The van der Waals surface area contributed by atoms with E-state index in [1.807, 2.05) is 26.8 Å². The molecular formula is C22H28O5. The molecule has 1 aromatic carbocycles. The third-order valence-corrected chi connectivity index (χ3v) is 6.30. The highest BCUT2D eigenvalue weighted by Gasteiger charge is 2.33. The first kappa shape index (κ1) is 19.5. The maximum atomic E-state index is 12.0. The highest BCUT2D eigenvalue weighted by molar-refractivity contribution is 5.97. The Balaban J connectivity index is 1.94. The lowest BCUT2D eigenvalue weighted by Gasteiger charge is -2.29. The molecule has 0 spiro atoms. The molecule has 0 radical (unpaired) electrons. The van der Waals surface area contributed by atoms with Crippen LogP contribution in [0.3, 0.4) is 0 Å². The number of allylic oxidation sites excluding steroid dienone is 2. The number of hydrogen-bond donors (Lipinski definition) is 2. The van der Waals surface area contributed by atoms with Gasteiger partial charge in [0.15, 0.2) is 0 Å². The summed E-state index contributed by atoms with van der Waals surface area (Å²) in [5.41, 5.74) is 4.97. The van der Waals surface area contributed by atoms with E-state index >= 15 is 0 Å². The van der Waals surface area contributed by atoms with Gasteiger partial charge < -0.3 is 14.9 Å². The molecule has 27 heavy (non-hydrogen) atoms. The summed E-state index contributed by atoms with van der Waals surface area (Å²) in [5.74, 6) is -1.44. The van der Waals surface area contributed by atoms with Crippen LogP contribution in [0.25, 0.3) is 0 Å². The van der Waals surface area contributed by atoms with Gasteiger partial charge >= 0.3 is 11.9 Å². The van der Waals surface area contributed by atoms with E-state index in [4.69, 9.17) is 4.74 Å². The fraction of sp³-hybridized carbons (Fsp3) is 0.545. The fourth-order valence-electron chi connectivity index (χ4n) is 4.73. The quantitative estimate of drug-likeness (QED) is 0.594. The number of aliphatic carboxylic acids is 1. The molecule has 5 nitrogen and oxygen atoms in total. The smallest absolute Gasteiger partial charge is 0.342 e. The van der Waals surface area contributed by atoms with Gasteiger partial charge in [0.2, 0.25) is 0 Å². The molecule has 1 saturated carbocycles. The van der Waals surface area contributed by atoms with Crippen molar-refractivity contribution in [1.29, 1.82) is 0 Å². The molecule has 2 atom stereocenters. The van der Waals surface area contributed by atoms with Crippen LogP contribution in [0.5, 0.6) is 5.75 Å². The van der Waals surface area contributed by atoms with Crippen LogP contribution in [0.1, 0.15) is 72.1 Å². The summed E-state index contributed by atoms with van der Waals surface area (Å²) >= 11 is 0. The third kappa shape index (κ3) is 3.47. The monoisotopic (exact) mass is 372 g/mol. The molecule has 2 unspecified atom stereocenters. The van der Waals surface area contributed by atoms with E-state index in [-0.39, 0.29) is 24.2 Å². The molecular weight excluding hydrogens is 344 g/mol. The van der Waals surface area contributed by atoms with Gasteiger partial charge in [0.1, 0.15) is 17.9 Å². The number of aromatic hydroxyl groups is 1. The summed E-state index contributed by atoms with van der Waals surface area (Å²) in [5, 5.41) is 20.3. The Bertz CT molecular complexity index is 806. The summed E-state index contributed by atoms with van der Waals surface area (Å²) in [7, 11) is 0. The van der Waals surface area contributed by atoms with Crippen molar-refractivity contribution in [1.82, 2.24) is 0 Å². The molecule has 1 fully saturated rings. The van der Waals surface area contributed by atoms with Crippen LogP contribution in [0.15, 0.2) is 11.6 Å². The Kier molecular flexibility index (Phi) is 5.59. The first-order valence-electron chi connectivity index (χ1n) is 9.79. The van der Waals surface area contributed by atoms with Crippen molar-refractivity contribution in [2.24, 2.45) is 11.8 Å². The summed E-state index contributed by atoms with van der Waals surface area (Å²) in [6, 6.07) is 0. The summed E-state index contributed by atoms with van der Waals surface area (Å²) in [6.07, 6.45) is 6.91. The molecule has 1 heterocycles. The van der Waals surface area contributed by atoms with Crippen LogP contribution < -0.4 is 0 Å². The largest absolute Gasteiger partial charge is 0.507 e. The minimum Gasteiger partial charge on any atom is -0.507 e. The van der Waals surface area contributed by atoms with Crippen molar-refractivity contribution >= 4 is 11.9 Å². The Morgan fingerprint density at radius 2 is 1.89 bits per heavy atom. The van der Waals surface area contributed by atoms with Gasteiger partial charge in [-0.2, -0.15) is 0 Å². The molecule has 2 N–H and O–H groups in total. The molecule has 1 aliphatic heterocycles. The molecule has 0 saturated heterocycles. The van der Waals surface area contributed by atoms with Gasteiger partial charge in [-0.1, -0.05) is 31.4 Å². The second kappa shape index (κ2) is 7.75. The van der Waals surface area contributed by atoms with Crippen molar-refractivity contribution in [3.63, 3.8) is 0 Å². The van der Waals surface area contributed by atoms with Gasteiger partial charge in [0.25, 0.3) is 0 Å². The lowest BCUT2D eigenvalue weighted by Crippen LogP contribution is -2.27. The lowest BCUT2D eigenvalue weighted by molar-refractivity contribution is -0.144. The second-order valence-corrected chi connectivity index (χ2v) is 7.70. The van der Waals surface area contributed by atoms with Gasteiger partial charge in [0.05, 0.1) is 5.92 Å². The molecule has 2 aliphatic rings. The Hall–Kier alpha value is -2.30. The maximum Gasteiger partial charge on any atom is 0.342 e. The predicted molar refractivity (Wildman–Crippen MR) is 102 cm³/mol. The van der Waals surface area contributed by atoms with E-state index in [0.717, 1.165) is 59.9 Å². The van der Waals surface area contributed by atoms with E-state index in [9.17, 15) is 19.8 Å². The molecule has 5 heteroatoms. The average molecular weight is 372 g/mol.